The maximum absolute atomic E-state index is 12.7. The molecule has 2 amide bonds. The summed E-state index contributed by atoms with van der Waals surface area (Å²) in [5, 5.41) is 7.64. The molecule has 1 heterocycles. The SMILES string of the molecule is CCC(=O)N(CC(=O)Nc1cc(C(C)(C)C)nn1-c1ccc(OC)cc1)C(C)C. The molecule has 158 valence electrons. The van der Waals surface area contributed by atoms with Gasteiger partial charge in [-0.05, 0) is 38.1 Å². The Morgan fingerprint density at radius 2 is 1.83 bits per heavy atom. The number of ether oxygens (including phenoxy) is 1. The smallest absolute Gasteiger partial charge is 0.245 e. The van der Waals surface area contributed by atoms with Gasteiger partial charge in [-0.3, -0.25) is 9.59 Å². The van der Waals surface area contributed by atoms with Gasteiger partial charge in [0.25, 0.3) is 0 Å². The molecular formula is C22H32N4O3. The van der Waals surface area contributed by atoms with Crippen LogP contribution in [0.3, 0.4) is 0 Å². The molecule has 2 rings (SSSR count). The fourth-order valence-electron chi connectivity index (χ4n) is 2.86. The van der Waals surface area contributed by atoms with Crippen LogP contribution in [0.15, 0.2) is 30.3 Å². The second-order valence-electron chi connectivity index (χ2n) is 8.29. The highest BCUT2D eigenvalue weighted by atomic mass is 16.5. The van der Waals surface area contributed by atoms with Crippen LogP contribution < -0.4 is 10.1 Å². The highest BCUT2D eigenvalue weighted by Gasteiger charge is 2.23. The predicted octanol–water partition coefficient (Wildman–Crippen LogP) is 3.76. The van der Waals surface area contributed by atoms with E-state index in [1.807, 2.05) is 44.2 Å². The van der Waals surface area contributed by atoms with Crippen molar-refractivity contribution >= 4 is 17.6 Å². The first-order valence-corrected chi connectivity index (χ1v) is 9.91. The maximum atomic E-state index is 12.7. The van der Waals surface area contributed by atoms with Crippen molar-refractivity contribution < 1.29 is 14.3 Å². The molecule has 0 bridgehead atoms. The molecule has 29 heavy (non-hydrogen) atoms. The number of rotatable bonds is 7. The summed E-state index contributed by atoms with van der Waals surface area (Å²) in [6.07, 6.45) is 0.364. The highest BCUT2D eigenvalue weighted by molar-refractivity contribution is 5.94. The first kappa shape index (κ1) is 22.5. The molecule has 0 atom stereocenters. The third-order valence-corrected chi connectivity index (χ3v) is 4.62. The maximum Gasteiger partial charge on any atom is 0.245 e. The Labute approximate surface area is 173 Å². The molecule has 0 aliphatic rings. The minimum atomic E-state index is -0.254. The van der Waals surface area contributed by atoms with Crippen LogP contribution in [0, 0.1) is 0 Å². The molecule has 0 fully saturated rings. The van der Waals surface area contributed by atoms with Gasteiger partial charge in [0.1, 0.15) is 18.1 Å². The molecule has 7 heteroatoms. The summed E-state index contributed by atoms with van der Waals surface area (Å²) >= 11 is 0. The topological polar surface area (TPSA) is 76.5 Å². The van der Waals surface area contributed by atoms with Crippen molar-refractivity contribution in [2.75, 3.05) is 19.0 Å². The Balaban J connectivity index is 2.33. The number of carbonyl (C=O) groups is 2. The molecule has 0 saturated carbocycles. The van der Waals surface area contributed by atoms with E-state index in [-0.39, 0.29) is 29.8 Å². The van der Waals surface area contributed by atoms with Gasteiger partial charge in [0.05, 0.1) is 18.5 Å². The Bertz CT molecular complexity index is 848. The summed E-state index contributed by atoms with van der Waals surface area (Å²) in [5.74, 6) is 1.01. The van der Waals surface area contributed by atoms with E-state index < -0.39 is 0 Å². The number of hydrogen-bond acceptors (Lipinski definition) is 4. The third kappa shape index (κ3) is 5.59. The van der Waals surface area contributed by atoms with Gasteiger partial charge in [0.2, 0.25) is 11.8 Å². The van der Waals surface area contributed by atoms with Crippen LogP contribution in [0.2, 0.25) is 0 Å². The summed E-state index contributed by atoms with van der Waals surface area (Å²) in [7, 11) is 1.62. The van der Waals surface area contributed by atoms with E-state index in [0.29, 0.717) is 12.2 Å². The zero-order valence-electron chi connectivity index (χ0n) is 18.4. The largest absolute Gasteiger partial charge is 0.497 e. The second kappa shape index (κ2) is 9.11. The molecule has 2 aromatic rings. The molecule has 1 N–H and O–H groups in total. The minimum Gasteiger partial charge on any atom is -0.497 e. The number of nitrogens with zero attached hydrogens (tertiary/aromatic N) is 3. The third-order valence-electron chi connectivity index (χ3n) is 4.62. The van der Waals surface area contributed by atoms with Crippen molar-refractivity contribution in [3.8, 4) is 11.4 Å². The molecule has 0 spiro atoms. The van der Waals surface area contributed by atoms with Gasteiger partial charge in [-0.25, -0.2) is 4.68 Å². The number of benzene rings is 1. The summed E-state index contributed by atoms with van der Waals surface area (Å²) < 4.78 is 6.93. The Morgan fingerprint density at radius 3 is 2.31 bits per heavy atom. The van der Waals surface area contributed by atoms with Crippen molar-refractivity contribution in [2.45, 2.75) is 59.4 Å². The summed E-state index contributed by atoms with van der Waals surface area (Å²) in [5.41, 5.74) is 1.48. The van der Waals surface area contributed by atoms with E-state index in [1.54, 1.807) is 23.6 Å². The van der Waals surface area contributed by atoms with Crippen molar-refractivity contribution in [3.05, 3.63) is 36.0 Å². The van der Waals surface area contributed by atoms with Gasteiger partial charge in [0, 0.05) is 23.9 Å². The lowest BCUT2D eigenvalue weighted by atomic mass is 9.92. The standard InChI is InChI=1S/C22H32N4O3/c1-8-21(28)25(15(2)3)14-20(27)23-19-13-18(22(4,5)6)24-26(19)16-9-11-17(29-7)12-10-16/h9-13,15H,8,14H2,1-7H3,(H,23,27). The van der Waals surface area contributed by atoms with Crippen LogP contribution in [0.4, 0.5) is 5.82 Å². The highest BCUT2D eigenvalue weighted by Crippen LogP contribution is 2.27. The van der Waals surface area contributed by atoms with Gasteiger partial charge >= 0.3 is 0 Å². The van der Waals surface area contributed by atoms with Gasteiger partial charge in [0.15, 0.2) is 0 Å². The van der Waals surface area contributed by atoms with Crippen LogP contribution in [0.25, 0.3) is 5.69 Å². The first-order chi connectivity index (χ1) is 13.6. The lowest BCUT2D eigenvalue weighted by Crippen LogP contribution is -2.42. The number of carbonyl (C=O) groups excluding carboxylic acids is 2. The molecule has 1 aromatic carbocycles. The zero-order chi connectivity index (χ0) is 21.8. The van der Waals surface area contributed by atoms with E-state index in [1.165, 1.54) is 0 Å². The number of hydrogen-bond donors (Lipinski definition) is 1. The molecule has 0 aliphatic heterocycles. The van der Waals surface area contributed by atoms with E-state index in [4.69, 9.17) is 9.84 Å². The van der Waals surface area contributed by atoms with Crippen LogP contribution in [0.5, 0.6) is 5.75 Å². The van der Waals surface area contributed by atoms with E-state index in [2.05, 4.69) is 26.1 Å². The lowest BCUT2D eigenvalue weighted by Gasteiger charge is -2.25. The predicted molar refractivity (Wildman–Crippen MR) is 115 cm³/mol. The summed E-state index contributed by atoms with van der Waals surface area (Å²) in [4.78, 5) is 26.4. The zero-order valence-corrected chi connectivity index (χ0v) is 18.4. The number of amides is 2. The quantitative estimate of drug-likeness (QED) is 0.768. The van der Waals surface area contributed by atoms with Crippen molar-refractivity contribution in [1.29, 1.82) is 0 Å². The van der Waals surface area contributed by atoms with Gasteiger partial charge in [-0.15, -0.1) is 0 Å². The second-order valence-corrected chi connectivity index (χ2v) is 8.29. The summed E-state index contributed by atoms with van der Waals surface area (Å²) in [6.45, 7) is 11.8. The fourth-order valence-corrected chi connectivity index (χ4v) is 2.86. The average molecular weight is 401 g/mol. The first-order valence-electron chi connectivity index (χ1n) is 9.91. The van der Waals surface area contributed by atoms with E-state index in [9.17, 15) is 9.59 Å². The molecule has 0 radical (unpaired) electrons. The average Bonchev–Trinajstić information content (AvgIpc) is 3.09. The van der Waals surface area contributed by atoms with Crippen molar-refractivity contribution in [1.82, 2.24) is 14.7 Å². The van der Waals surface area contributed by atoms with Gasteiger partial charge < -0.3 is 15.0 Å². The normalized spacial score (nSPS) is 11.4. The molecule has 1 aromatic heterocycles. The van der Waals surface area contributed by atoms with Crippen LogP contribution >= 0.6 is 0 Å². The van der Waals surface area contributed by atoms with Crippen LogP contribution in [-0.4, -0.2) is 46.2 Å². The lowest BCUT2D eigenvalue weighted by molar-refractivity contribution is -0.136. The number of anilines is 1. The molecule has 0 aliphatic carbocycles. The number of nitrogens with one attached hydrogen (secondary N) is 1. The van der Waals surface area contributed by atoms with Gasteiger partial charge in [-0.2, -0.15) is 5.10 Å². The van der Waals surface area contributed by atoms with Crippen LogP contribution in [-0.2, 0) is 15.0 Å². The molecule has 7 nitrogen and oxygen atoms in total. The van der Waals surface area contributed by atoms with Crippen molar-refractivity contribution in [3.63, 3.8) is 0 Å². The number of aromatic nitrogens is 2. The molecule has 0 saturated heterocycles. The van der Waals surface area contributed by atoms with E-state index in [0.717, 1.165) is 17.1 Å². The Morgan fingerprint density at radius 1 is 1.21 bits per heavy atom. The Hall–Kier alpha value is -2.83. The molecular weight excluding hydrogens is 368 g/mol. The van der Waals surface area contributed by atoms with E-state index >= 15 is 0 Å². The number of methoxy groups -OCH3 is 1. The Kier molecular flexibility index (Phi) is 7.06. The van der Waals surface area contributed by atoms with Gasteiger partial charge in [-0.1, -0.05) is 27.7 Å². The molecule has 0 unspecified atom stereocenters. The fraction of sp³-hybridized carbons (Fsp3) is 0.500. The minimum absolute atomic E-state index is 0.00296. The van der Waals surface area contributed by atoms with Crippen molar-refractivity contribution in [2.24, 2.45) is 0 Å². The monoisotopic (exact) mass is 400 g/mol. The summed E-state index contributed by atoms with van der Waals surface area (Å²) in [6, 6.07) is 9.29. The van der Waals surface area contributed by atoms with Crippen LogP contribution in [0.1, 0.15) is 53.7 Å².